The zero-order valence-corrected chi connectivity index (χ0v) is 14.5. The second-order valence-electron chi connectivity index (χ2n) is 6.00. The lowest BCUT2D eigenvalue weighted by atomic mass is 10.1. The van der Waals surface area contributed by atoms with E-state index >= 15 is 0 Å². The standard InChI is InChI=1S/C20H14N4OS/c25-19(16-11-21-17-4-2-1-3-15(16)17)22-14-7-5-13(6-8-14)18-12-24-9-10-26-20(24)23-18/h1-12,21H,(H,22,25). The molecular formula is C20H14N4OS. The van der Waals surface area contributed by atoms with Gasteiger partial charge in [-0.1, -0.05) is 30.3 Å². The third-order valence-electron chi connectivity index (χ3n) is 4.37. The van der Waals surface area contributed by atoms with Crippen molar-refractivity contribution < 1.29 is 4.79 Å². The van der Waals surface area contributed by atoms with E-state index in [1.165, 1.54) is 0 Å². The number of nitrogens with one attached hydrogen (secondary N) is 2. The van der Waals surface area contributed by atoms with Crippen LogP contribution in [0.25, 0.3) is 27.1 Å². The quantitative estimate of drug-likeness (QED) is 0.487. The molecule has 2 aromatic carbocycles. The number of hydrogen-bond donors (Lipinski definition) is 2. The molecule has 26 heavy (non-hydrogen) atoms. The molecule has 0 aliphatic carbocycles. The maximum absolute atomic E-state index is 12.6. The third-order valence-corrected chi connectivity index (χ3v) is 5.14. The van der Waals surface area contributed by atoms with Crippen LogP contribution in [0.15, 0.2) is 72.5 Å². The van der Waals surface area contributed by atoms with Crippen LogP contribution in [0.1, 0.15) is 10.4 Å². The minimum absolute atomic E-state index is 0.127. The van der Waals surface area contributed by atoms with Gasteiger partial charge in [-0.3, -0.25) is 9.20 Å². The second-order valence-corrected chi connectivity index (χ2v) is 6.87. The molecule has 126 valence electrons. The molecular weight excluding hydrogens is 344 g/mol. The van der Waals surface area contributed by atoms with Crippen LogP contribution in [-0.2, 0) is 0 Å². The van der Waals surface area contributed by atoms with Crippen molar-refractivity contribution in [2.75, 3.05) is 5.32 Å². The molecule has 0 fully saturated rings. The molecule has 0 saturated carbocycles. The number of imidazole rings is 1. The number of aromatic amines is 1. The average molecular weight is 358 g/mol. The number of aromatic nitrogens is 3. The van der Waals surface area contributed by atoms with Crippen molar-refractivity contribution in [3.63, 3.8) is 0 Å². The summed E-state index contributed by atoms with van der Waals surface area (Å²) in [6.07, 6.45) is 5.74. The zero-order valence-electron chi connectivity index (χ0n) is 13.6. The maximum atomic E-state index is 12.6. The largest absolute Gasteiger partial charge is 0.360 e. The number of thiazole rings is 1. The number of rotatable bonds is 3. The molecule has 1 amide bonds. The molecule has 0 atom stereocenters. The normalized spacial score (nSPS) is 11.2. The molecule has 0 aliphatic rings. The third kappa shape index (κ3) is 2.48. The van der Waals surface area contributed by atoms with Crippen LogP contribution in [-0.4, -0.2) is 20.3 Å². The van der Waals surface area contributed by atoms with Gasteiger partial charge < -0.3 is 10.3 Å². The Labute approximate surface area is 152 Å². The van der Waals surface area contributed by atoms with E-state index in [4.69, 9.17) is 0 Å². The highest BCUT2D eigenvalue weighted by Gasteiger charge is 2.12. The van der Waals surface area contributed by atoms with Gasteiger partial charge in [0.1, 0.15) is 0 Å². The van der Waals surface area contributed by atoms with Crippen molar-refractivity contribution >= 4 is 38.8 Å². The van der Waals surface area contributed by atoms with E-state index in [0.29, 0.717) is 5.56 Å². The summed E-state index contributed by atoms with van der Waals surface area (Å²) in [6, 6.07) is 15.5. The van der Waals surface area contributed by atoms with Crippen LogP contribution in [0, 0.1) is 0 Å². The zero-order chi connectivity index (χ0) is 17.5. The van der Waals surface area contributed by atoms with E-state index in [1.807, 2.05) is 70.7 Å². The summed E-state index contributed by atoms with van der Waals surface area (Å²) in [4.78, 5) is 21.3. The van der Waals surface area contributed by atoms with E-state index in [-0.39, 0.29) is 5.91 Å². The average Bonchev–Trinajstić information content (AvgIpc) is 3.36. The minimum Gasteiger partial charge on any atom is -0.360 e. The Hall–Kier alpha value is -3.38. The summed E-state index contributed by atoms with van der Waals surface area (Å²) < 4.78 is 2.01. The predicted octanol–water partition coefficient (Wildman–Crippen LogP) is 4.80. The highest BCUT2D eigenvalue weighted by molar-refractivity contribution is 7.15. The van der Waals surface area contributed by atoms with E-state index < -0.39 is 0 Å². The maximum Gasteiger partial charge on any atom is 0.257 e. The van der Waals surface area contributed by atoms with E-state index in [0.717, 1.165) is 32.8 Å². The molecule has 5 nitrogen and oxygen atoms in total. The smallest absolute Gasteiger partial charge is 0.257 e. The fourth-order valence-electron chi connectivity index (χ4n) is 3.05. The Kier molecular flexibility index (Phi) is 3.36. The number of hydrogen-bond acceptors (Lipinski definition) is 3. The Morgan fingerprint density at radius 1 is 1.12 bits per heavy atom. The van der Waals surface area contributed by atoms with Crippen molar-refractivity contribution in [2.45, 2.75) is 0 Å². The van der Waals surface area contributed by atoms with Crippen LogP contribution in [0.5, 0.6) is 0 Å². The summed E-state index contributed by atoms with van der Waals surface area (Å²) in [7, 11) is 0. The topological polar surface area (TPSA) is 62.2 Å². The number of carbonyl (C=O) groups excluding carboxylic acids is 1. The summed E-state index contributed by atoms with van der Waals surface area (Å²) >= 11 is 1.61. The van der Waals surface area contributed by atoms with Gasteiger partial charge in [0.2, 0.25) is 0 Å². The van der Waals surface area contributed by atoms with Crippen LogP contribution in [0.3, 0.4) is 0 Å². The molecule has 0 radical (unpaired) electrons. The van der Waals surface area contributed by atoms with Crippen molar-refractivity contribution in [3.8, 4) is 11.3 Å². The second kappa shape index (κ2) is 5.86. The van der Waals surface area contributed by atoms with Gasteiger partial charge in [-0.05, 0) is 18.2 Å². The van der Waals surface area contributed by atoms with Crippen LogP contribution in [0.2, 0.25) is 0 Å². The Bertz CT molecular complexity index is 1200. The van der Waals surface area contributed by atoms with Gasteiger partial charge >= 0.3 is 0 Å². The number of anilines is 1. The van der Waals surface area contributed by atoms with Crippen molar-refractivity contribution in [2.24, 2.45) is 0 Å². The first-order valence-corrected chi connectivity index (χ1v) is 9.06. The molecule has 0 spiro atoms. The first-order chi connectivity index (χ1) is 12.8. The minimum atomic E-state index is -0.127. The number of fused-ring (bicyclic) bond motifs is 2. The first-order valence-electron chi connectivity index (χ1n) is 8.18. The van der Waals surface area contributed by atoms with Crippen LogP contribution >= 0.6 is 11.3 Å². The van der Waals surface area contributed by atoms with Gasteiger partial charge in [0.05, 0.1) is 11.3 Å². The van der Waals surface area contributed by atoms with Crippen molar-refractivity contribution in [3.05, 3.63) is 78.1 Å². The summed E-state index contributed by atoms with van der Waals surface area (Å²) in [5.74, 6) is -0.127. The Balaban J connectivity index is 1.39. The van der Waals surface area contributed by atoms with E-state index in [2.05, 4.69) is 15.3 Å². The van der Waals surface area contributed by atoms with Crippen LogP contribution in [0.4, 0.5) is 5.69 Å². The summed E-state index contributed by atoms with van der Waals surface area (Å²) in [5, 5.41) is 5.88. The molecule has 2 N–H and O–H groups in total. The monoisotopic (exact) mass is 358 g/mol. The number of benzene rings is 2. The lowest BCUT2D eigenvalue weighted by Gasteiger charge is -2.05. The molecule has 0 aliphatic heterocycles. The summed E-state index contributed by atoms with van der Waals surface area (Å²) in [5.41, 5.74) is 4.29. The molecule has 0 unspecified atom stereocenters. The number of carbonyl (C=O) groups is 1. The van der Waals surface area contributed by atoms with Gasteiger partial charge in [-0.2, -0.15) is 0 Å². The molecule has 6 heteroatoms. The van der Waals surface area contributed by atoms with Gasteiger partial charge in [0.15, 0.2) is 4.96 Å². The fraction of sp³-hybridized carbons (Fsp3) is 0. The lowest BCUT2D eigenvalue weighted by Crippen LogP contribution is -2.11. The lowest BCUT2D eigenvalue weighted by molar-refractivity contribution is 0.102. The predicted molar refractivity (Wildman–Crippen MR) is 105 cm³/mol. The van der Waals surface area contributed by atoms with Gasteiger partial charge in [-0.25, -0.2) is 4.98 Å². The number of nitrogens with zero attached hydrogens (tertiary/aromatic N) is 2. The SMILES string of the molecule is O=C(Nc1ccc(-c2cn3ccsc3n2)cc1)c1c[nH]c2ccccc12. The molecule has 0 saturated heterocycles. The number of para-hydroxylation sites is 1. The fourth-order valence-corrected chi connectivity index (χ4v) is 3.75. The Morgan fingerprint density at radius 2 is 1.96 bits per heavy atom. The number of H-pyrrole nitrogens is 1. The molecule has 3 aromatic heterocycles. The molecule has 5 aromatic rings. The van der Waals surface area contributed by atoms with E-state index in [9.17, 15) is 4.79 Å². The van der Waals surface area contributed by atoms with Crippen molar-refractivity contribution in [1.29, 1.82) is 0 Å². The van der Waals surface area contributed by atoms with Gasteiger partial charge in [0, 0.05) is 46.1 Å². The molecule has 3 heterocycles. The molecule has 5 rings (SSSR count). The molecule has 0 bridgehead atoms. The van der Waals surface area contributed by atoms with E-state index in [1.54, 1.807) is 17.5 Å². The van der Waals surface area contributed by atoms with Gasteiger partial charge in [-0.15, -0.1) is 11.3 Å². The Morgan fingerprint density at radius 3 is 2.81 bits per heavy atom. The summed E-state index contributed by atoms with van der Waals surface area (Å²) in [6.45, 7) is 0. The number of amides is 1. The highest BCUT2D eigenvalue weighted by Crippen LogP contribution is 2.24. The van der Waals surface area contributed by atoms with Crippen LogP contribution < -0.4 is 5.32 Å². The highest BCUT2D eigenvalue weighted by atomic mass is 32.1. The van der Waals surface area contributed by atoms with Gasteiger partial charge in [0.25, 0.3) is 5.91 Å². The van der Waals surface area contributed by atoms with Crippen molar-refractivity contribution in [1.82, 2.24) is 14.4 Å². The first kappa shape index (κ1) is 14.9.